The van der Waals surface area contributed by atoms with Gasteiger partial charge in [-0.3, -0.25) is 0 Å². The van der Waals surface area contributed by atoms with Crippen molar-refractivity contribution in [2.24, 2.45) is 0 Å². The van der Waals surface area contributed by atoms with Crippen LogP contribution in [0.1, 0.15) is 41.5 Å². The molecule has 2 aromatic carbocycles. The van der Waals surface area contributed by atoms with Crippen LogP contribution < -0.4 is 5.32 Å². The van der Waals surface area contributed by atoms with Gasteiger partial charge < -0.3 is 5.32 Å². The lowest BCUT2D eigenvalue weighted by atomic mass is 9.77. The molecule has 1 aliphatic carbocycles. The standard InChI is InChI=1S/C18H19F2N/c1-21-18(13-9-14(19)11-15(20)10-13)17-8-4-6-12-5-2-3-7-16(12)17/h2-3,5,7,9-11,17-18,21H,4,6,8H2,1H3. The van der Waals surface area contributed by atoms with Gasteiger partial charge in [-0.1, -0.05) is 24.3 Å². The number of hydrogen-bond donors (Lipinski definition) is 1. The molecule has 0 bridgehead atoms. The molecule has 3 rings (SSSR count). The molecule has 0 saturated heterocycles. The highest BCUT2D eigenvalue weighted by Crippen LogP contribution is 2.40. The number of hydrogen-bond acceptors (Lipinski definition) is 1. The quantitative estimate of drug-likeness (QED) is 0.885. The normalized spacial score (nSPS) is 19.1. The molecule has 1 nitrogen and oxygen atoms in total. The smallest absolute Gasteiger partial charge is 0.126 e. The first-order valence-corrected chi connectivity index (χ1v) is 7.40. The highest BCUT2D eigenvalue weighted by molar-refractivity contribution is 5.36. The van der Waals surface area contributed by atoms with Crippen LogP contribution in [0, 0.1) is 11.6 Å². The zero-order valence-corrected chi connectivity index (χ0v) is 12.1. The van der Waals surface area contributed by atoms with Gasteiger partial charge in [0.15, 0.2) is 0 Å². The van der Waals surface area contributed by atoms with Crippen LogP contribution >= 0.6 is 0 Å². The summed E-state index contributed by atoms with van der Waals surface area (Å²) in [6.07, 6.45) is 3.22. The molecule has 0 heterocycles. The molecule has 21 heavy (non-hydrogen) atoms. The largest absolute Gasteiger partial charge is 0.312 e. The molecule has 0 aliphatic heterocycles. The van der Waals surface area contributed by atoms with E-state index >= 15 is 0 Å². The van der Waals surface area contributed by atoms with Crippen LogP contribution in [0.3, 0.4) is 0 Å². The maximum Gasteiger partial charge on any atom is 0.126 e. The van der Waals surface area contributed by atoms with E-state index in [4.69, 9.17) is 0 Å². The monoisotopic (exact) mass is 287 g/mol. The molecule has 0 fully saturated rings. The summed E-state index contributed by atoms with van der Waals surface area (Å²) < 4.78 is 27.0. The summed E-state index contributed by atoms with van der Waals surface area (Å²) in [4.78, 5) is 0. The van der Waals surface area contributed by atoms with Gasteiger partial charge in [0.1, 0.15) is 11.6 Å². The molecule has 2 atom stereocenters. The van der Waals surface area contributed by atoms with E-state index in [-0.39, 0.29) is 12.0 Å². The lowest BCUT2D eigenvalue weighted by Gasteiger charge is -2.32. The van der Waals surface area contributed by atoms with Crippen LogP contribution in [-0.2, 0) is 6.42 Å². The minimum atomic E-state index is -0.519. The molecular formula is C18H19F2N. The first-order valence-electron chi connectivity index (χ1n) is 7.40. The number of nitrogens with one attached hydrogen (secondary N) is 1. The predicted octanol–water partition coefficient (Wildman–Crippen LogP) is 4.35. The molecule has 110 valence electrons. The van der Waals surface area contributed by atoms with Crippen molar-refractivity contribution in [2.45, 2.75) is 31.2 Å². The van der Waals surface area contributed by atoms with Crippen molar-refractivity contribution < 1.29 is 8.78 Å². The Morgan fingerprint density at radius 3 is 2.52 bits per heavy atom. The minimum absolute atomic E-state index is 0.0725. The van der Waals surface area contributed by atoms with Crippen molar-refractivity contribution in [2.75, 3.05) is 7.05 Å². The van der Waals surface area contributed by atoms with Gasteiger partial charge in [0.25, 0.3) is 0 Å². The average molecular weight is 287 g/mol. The van der Waals surface area contributed by atoms with Gasteiger partial charge in [-0.2, -0.15) is 0 Å². The summed E-state index contributed by atoms with van der Waals surface area (Å²) in [6, 6.07) is 12.1. The van der Waals surface area contributed by atoms with E-state index in [1.807, 2.05) is 13.1 Å². The highest BCUT2D eigenvalue weighted by atomic mass is 19.1. The topological polar surface area (TPSA) is 12.0 Å². The van der Waals surface area contributed by atoms with E-state index in [1.54, 1.807) is 0 Å². The van der Waals surface area contributed by atoms with Gasteiger partial charge in [0.2, 0.25) is 0 Å². The second kappa shape index (κ2) is 5.94. The third kappa shape index (κ3) is 2.84. The molecule has 0 radical (unpaired) electrons. The molecule has 0 aromatic heterocycles. The first kappa shape index (κ1) is 14.2. The lowest BCUT2D eigenvalue weighted by Crippen LogP contribution is -2.27. The number of rotatable bonds is 3. The maximum absolute atomic E-state index is 13.5. The van der Waals surface area contributed by atoms with Crippen molar-refractivity contribution in [3.8, 4) is 0 Å². The Bertz CT molecular complexity index is 619. The molecule has 0 spiro atoms. The van der Waals surface area contributed by atoms with Crippen LogP contribution in [0.25, 0.3) is 0 Å². The van der Waals surface area contributed by atoms with Crippen molar-refractivity contribution in [3.63, 3.8) is 0 Å². The van der Waals surface area contributed by atoms with Crippen molar-refractivity contribution >= 4 is 0 Å². The maximum atomic E-state index is 13.5. The summed E-state index contributed by atoms with van der Waals surface area (Å²) in [5.41, 5.74) is 3.33. The van der Waals surface area contributed by atoms with Crippen LogP contribution in [-0.4, -0.2) is 7.05 Å². The fraction of sp³-hybridized carbons (Fsp3) is 0.333. The molecule has 2 unspecified atom stereocenters. The molecule has 0 saturated carbocycles. The molecule has 1 aliphatic rings. The lowest BCUT2D eigenvalue weighted by molar-refractivity contribution is 0.421. The van der Waals surface area contributed by atoms with Crippen LogP contribution in [0.5, 0.6) is 0 Å². The number of fused-ring (bicyclic) bond motifs is 1. The second-order valence-corrected chi connectivity index (χ2v) is 5.67. The van der Waals surface area contributed by atoms with Gasteiger partial charge in [-0.15, -0.1) is 0 Å². The molecule has 2 aromatic rings. The summed E-state index contributed by atoms with van der Waals surface area (Å²) in [7, 11) is 1.85. The summed E-state index contributed by atoms with van der Waals surface area (Å²) in [5, 5.41) is 3.25. The number of aryl methyl sites for hydroxylation is 1. The van der Waals surface area contributed by atoms with Gasteiger partial charge in [0, 0.05) is 18.0 Å². The van der Waals surface area contributed by atoms with Crippen molar-refractivity contribution in [3.05, 3.63) is 70.8 Å². The van der Waals surface area contributed by atoms with Gasteiger partial charge >= 0.3 is 0 Å². The van der Waals surface area contributed by atoms with E-state index < -0.39 is 11.6 Å². The van der Waals surface area contributed by atoms with Crippen LogP contribution in [0.2, 0.25) is 0 Å². The number of halogens is 2. The fourth-order valence-corrected chi connectivity index (χ4v) is 3.49. The van der Waals surface area contributed by atoms with Gasteiger partial charge in [-0.25, -0.2) is 8.78 Å². The number of likely N-dealkylation sites (N-methyl/N-ethyl adjacent to an activating group) is 1. The third-order valence-electron chi connectivity index (χ3n) is 4.37. The Morgan fingerprint density at radius 2 is 1.81 bits per heavy atom. The van der Waals surface area contributed by atoms with Crippen molar-refractivity contribution in [1.29, 1.82) is 0 Å². The Kier molecular flexibility index (Phi) is 4.02. The molecule has 0 amide bonds. The summed E-state index contributed by atoms with van der Waals surface area (Å²) in [6.45, 7) is 0. The Labute approximate surface area is 124 Å². The zero-order valence-electron chi connectivity index (χ0n) is 12.1. The first-order chi connectivity index (χ1) is 10.2. The fourth-order valence-electron chi connectivity index (χ4n) is 3.49. The Hall–Kier alpha value is -1.74. The Balaban J connectivity index is 2.01. The SMILES string of the molecule is CNC(c1cc(F)cc(F)c1)C1CCCc2ccccc21. The highest BCUT2D eigenvalue weighted by Gasteiger charge is 2.28. The van der Waals surface area contributed by atoms with E-state index in [0.717, 1.165) is 25.3 Å². The molecule has 3 heteroatoms. The Morgan fingerprint density at radius 1 is 1.10 bits per heavy atom. The third-order valence-corrected chi connectivity index (χ3v) is 4.37. The molecule has 1 N–H and O–H groups in total. The number of benzene rings is 2. The van der Waals surface area contributed by atoms with Crippen LogP contribution in [0.4, 0.5) is 8.78 Å². The van der Waals surface area contributed by atoms with Gasteiger partial charge in [-0.05, 0) is 55.1 Å². The summed E-state index contributed by atoms with van der Waals surface area (Å²) >= 11 is 0. The van der Waals surface area contributed by atoms with E-state index in [9.17, 15) is 8.78 Å². The zero-order chi connectivity index (χ0) is 14.8. The van der Waals surface area contributed by atoms with E-state index in [1.165, 1.54) is 23.3 Å². The van der Waals surface area contributed by atoms with Crippen molar-refractivity contribution in [1.82, 2.24) is 5.32 Å². The predicted molar refractivity (Wildman–Crippen MR) is 80.3 cm³/mol. The van der Waals surface area contributed by atoms with Gasteiger partial charge in [0.05, 0.1) is 0 Å². The average Bonchev–Trinajstić information content (AvgIpc) is 2.47. The van der Waals surface area contributed by atoms with E-state index in [0.29, 0.717) is 5.56 Å². The summed E-state index contributed by atoms with van der Waals surface area (Å²) in [5.74, 6) is -0.787. The van der Waals surface area contributed by atoms with Crippen LogP contribution in [0.15, 0.2) is 42.5 Å². The second-order valence-electron chi connectivity index (χ2n) is 5.67. The van der Waals surface area contributed by atoms with E-state index in [2.05, 4.69) is 23.5 Å². The minimum Gasteiger partial charge on any atom is -0.312 e. The molecular weight excluding hydrogens is 268 g/mol.